The molecule has 43 heavy (non-hydrogen) atoms. The maximum Gasteiger partial charge on any atom is 0.373 e. The Morgan fingerprint density at radius 1 is 0.814 bits per heavy atom. The van der Waals surface area contributed by atoms with Crippen LogP contribution in [0, 0.1) is 0 Å². The maximum atomic E-state index is 12.9. The third-order valence-corrected chi connectivity index (χ3v) is 6.49. The van der Waals surface area contributed by atoms with E-state index in [4.69, 9.17) is 20.1 Å². The highest BCUT2D eigenvalue weighted by atomic mass is 16.5. The summed E-state index contributed by atoms with van der Waals surface area (Å²) in [5, 5.41) is 15.4. The molecule has 0 spiro atoms. The number of aromatic hydroxyl groups is 1. The zero-order valence-electron chi connectivity index (χ0n) is 23.7. The number of nitrogens with two attached hydrogens (primary N) is 1. The van der Waals surface area contributed by atoms with Crippen LogP contribution in [-0.4, -0.2) is 42.3 Å². The van der Waals surface area contributed by atoms with Crippen molar-refractivity contribution in [3.63, 3.8) is 0 Å². The number of carbonyl (C=O) groups is 2. The standard InChI is InChI=1S/C33H35N3O4.CO2/c34-29(22-26-10-5-2-6-11-26)33(39)36-30-18-15-27(32(38)35-20-7-12-24-8-3-1-4-9-24)23-31(30)40-21-19-25-13-16-28(37)17-14-25;2-1-3/h1-6,8-11,13-18,23,29,37H,7,12,19-22,34H2,(H,35,38)(H,36,39);/t29-;/m0./s1. The second-order valence-corrected chi connectivity index (χ2v) is 9.69. The van der Waals surface area contributed by atoms with E-state index in [0.717, 1.165) is 24.0 Å². The van der Waals surface area contributed by atoms with Gasteiger partial charge in [-0.15, -0.1) is 0 Å². The van der Waals surface area contributed by atoms with Crippen LogP contribution in [-0.2, 0) is 33.6 Å². The van der Waals surface area contributed by atoms with Gasteiger partial charge >= 0.3 is 6.15 Å². The Morgan fingerprint density at radius 3 is 2.07 bits per heavy atom. The van der Waals surface area contributed by atoms with Crippen LogP contribution < -0.4 is 21.1 Å². The molecule has 0 aliphatic heterocycles. The number of benzene rings is 4. The van der Waals surface area contributed by atoms with Crippen molar-refractivity contribution in [1.29, 1.82) is 0 Å². The molecule has 9 nitrogen and oxygen atoms in total. The Balaban J connectivity index is 0.00000162. The van der Waals surface area contributed by atoms with Crippen molar-refractivity contribution in [1.82, 2.24) is 5.32 Å². The van der Waals surface area contributed by atoms with Gasteiger partial charge in [0.05, 0.1) is 18.3 Å². The Kier molecular flexibility index (Phi) is 13.2. The number of anilines is 1. The molecule has 0 aliphatic rings. The van der Waals surface area contributed by atoms with Crippen molar-refractivity contribution in [2.75, 3.05) is 18.5 Å². The summed E-state index contributed by atoms with van der Waals surface area (Å²) >= 11 is 0. The van der Waals surface area contributed by atoms with E-state index >= 15 is 0 Å². The van der Waals surface area contributed by atoms with E-state index in [1.807, 2.05) is 60.7 Å². The van der Waals surface area contributed by atoms with E-state index in [2.05, 4.69) is 22.8 Å². The fourth-order valence-corrected chi connectivity index (χ4v) is 4.26. The minimum Gasteiger partial charge on any atom is -0.508 e. The first-order valence-electron chi connectivity index (χ1n) is 13.9. The number of phenolic OH excluding ortho intramolecular Hbond substituents is 1. The fourth-order valence-electron chi connectivity index (χ4n) is 4.26. The van der Waals surface area contributed by atoms with Gasteiger partial charge in [-0.05, 0) is 66.3 Å². The summed E-state index contributed by atoms with van der Waals surface area (Å²) in [4.78, 5) is 42.0. The zero-order valence-corrected chi connectivity index (χ0v) is 23.7. The molecule has 4 aromatic rings. The fraction of sp³-hybridized carbons (Fsp3) is 0.206. The number of aryl methyl sites for hydroxylation is 1. The van der Waals surface area contributed by atoms with Crippen LogP contribution in [0.25, 0.3) is 0 Å². The van der Waals surface area contributed by atoms with E-state index < -0.39 is 6.04 Å². The highest BCUT2D eigenvalue weighted by Gasteiger charge is 2.18. The van der Waals surface area contributed by atoms with E-state index in [1.54, 1.807) is 30.3 Å². The molecule has 0 heterocycles. The summed E-state index contributed by atoms with van der Waals surface area (Å²) in [7, 11) is 0. The van der Waals surface area contributed by atoms with Crippen LogP contribution in [0.2, 0.25) is 0 Å². The molecular weight excluding hydrogens is 546 g/mol. The smallest absolute Gasteiger partial charge is 0.373 e. The predicted molar refractivity (Wildman–Crippen MR) is 163 cm³/mol. The Morgan fingerprint density at radius 2 is 1.42 bits per heavy atom. The van der Waals surface area contributed by atoms with Crippen LogP contribution in [0.3, 0.4) is 0 Å². The van der Waals surface area contributed by atoms with E-state index in [1.165, 1.54) is 5.56 Å². The first kappa shape index (κ1) is 32.3. The second kappa shape index (κ2) is 17.5. The molecule has 0 aromatic heterocycles. The molecule has 0 aliphatic carbocycles. The molecule has 2 amide bonds. The molecule has 1 atom stereocenters. The van der Waals surface area contributed by atoms with Gasteiger partial charge in [0.15, 0.2) is 0 Å². The first-order chi connectivity index (χ1) is 20.9. The lowest BCUT2D eigenvalue weighted by atomic mass is 10.1. The molecule has 0 saturated carbocycles. The maximum absolute atomic E-state index is 12.9. The quantitative estimate of drug-likeness (QED) is 0.172. The third kappa shape index (κ3) is 11.3. The number of rotatable bonds is 13. The van der Waals surface area contributed by atoms with Gasteiger partial charge in [0.2, 0.25) is 5.91 Å². The molecule has 5 N–H and O–H groups in total. The molecule has 4 rings (SSSR count). The summed E-state index contributed by atoms with van der Waals surface area (Å²) in [6.45, 7) is 0.851. The number of ether oxygens (including phenoxy) is 1. The Labute approximate surface area is 250 Å². The molecule has 4 aromatic carbocycles. The summed E-state index contributed by atoms with van der Waals surface area (Å²) in [6, 6.07) is 30.8. The average molecular weight is 582 g/mol. The number of hydrogen-bond donors (Lipinski definition) is 4. The van der Waals surface area contributed by atoms with Crippen molar-refractivity contribution in [3.8, 4) is 11.5 Å². The van der Waals surface area contributed by atoms with Crippen molar-refractivity contribution < 1.29 is 29.0 Å². The van der Waals surface area contributed by atoms with Crippen molar-refractivity contribution in [3.05, 3.63) is 125 Å². The van der Waals surface area contributed by atoms with Gasteiger partial charge in [-0.2, -0.15) is 9.59 Å². The van der Waals surface area contributed by atoms with E-state index in [-0.39, 0.29) is 23.7 Å². The van der Waals surface area contributed by atoms with Gasteiger partial charge in [-0.25, -0.2) is 0 Å². The molecular formula is C34H35N3O6. The predicted octanol–water partition coefficient (Wildman–Crippen LogP) is 4.30. The molecule has 9 heteroatoms. The monoisotopic (exact) mass is 581 g/mol. The highest BCUT2D eigenvalue weighted by Crippen LogP contribution is 2.27. The topological polar surface area (TPSA) is 148 Å². The largest absolute Gasteiger partial charge is 0.508 e. The molecule has 222 valence electrons. The average Bonchev–Trinajstić information content (AvgIpc) is 3.02. The SMILES string of the molecule is N[C@@H](Cc1ccccc1)C(=O)Nc1ccc(C(=O)NCCCc2ccccc2)cc1OCCc1ccc(O)cc1.O=C=O. The van der Waals surface area contributed by atoms with Gasteiger partial charge in [0.1, 0.15) is 11.5 Å². The van der Waals surface area contributed by atoms with Crippen LogP contribution in [0.15, 0.2) is 103 Å². The van der Waals surface area contributed by atoms with Gasteiger partial charge < -0.3 is 26.2 Å². The van der Waals surface area contributed by atoms with Gasteiger partial charge in [-0.1, -0.05) is 72.8 Å². The summed E-state index contributed by atoms with van der Waals surface area (Å²) in [6.07, 6.45) is 2.92. The number of phenols is 1. The summed E-state index contributed by atoms with van der Waals surface area (Å²) in [5.41, 5.74) is 10.2. The van der Waals surface area contributed by atoms with Gasteiger partial charge in [0.25, 0.3) is 5.91 Å². The highest BCUT2D eigenvalue weighted by molar-refractivity contribution is 5.98. The molecule has 0 unspecified atom stereocenters. The minimum atomic E-state index is -0.750. The number of nitrogens with one attached hydrogen (secondary N) is 2. The van der Waals surface area contributed by atoms with Crippen molar-refractivity contribution in [2.45, 2.75) is 31.7 Å². The van der Waals surface area contributed by atoms with Crippen LogP contribution in [0.4, 0.5) is 5.69 Å². The van der Waals surface area contributed by atoms with Gasteiger partial charge in [-0.3, -0.25) is 9.59 Å². The Hall–Kier alpha value is -5.24. The third-order valence-electron chi connectivity index (χ3n) is 6.49. The number of hydrogen-bond acceptors (Lipinski definition) is 7. The zero-order chi connectivity index (χ0) is 30.9. The van der Waals surface area contributed by atoms with Crippen LogP contribution >= 0.6 is 0 Å². The lowest BCUT2D eigenvalue weighted by Gasteiger charge is -2.17. The minimum absolute atomic E-state index is 0.198. The number of carbonyl (C=O) groups excluding carboxylic acids is 4. The van der Waals surface area contributed by atoms with E-state index in [0.29, 0.717) is 43.0 Å². The lowest BCUT2D eigenvalue weighted by Crippen LogP contribution is -2.37. The molecule has 0 bridgehead atoms. The second-order valence-electron chi connectivity index (χ2n) is 9.69. The lowest BCUT2D eigenvalue weighted by molar-refractivity contribution is -0.191. The van der Waals surface area contributed by atoms with Crippen LogP contribution in [0.5, 0.6) is 11.5 Å². The normalized spacial score (nSPS) is 10.8. The summed E-state index contributed by atoms with van der Waals surface area (Å²) in [5.74, 6) is 0.0282. The van der Waals surface area contributed by atoms with Crippen LogP contribution in [0.1, 0.15) is 33.5 Å². The molecule has 0 radical (unpaired) electrons. The molecule has 0 saturated heterocycles. The van der Waals surface area contributed by atoms with Crippen molar-refractivity contribution in [2.24, 2.45) is 5.73 Å². The van der Waals surface area contributed by atoms with Gasteiger partial charge in [0, 0.05) is 18.5 Å². The molecule has 0 fully saturated rings. The van der Waals surface area contributed by atoms with E-state index in [9.17, 15) is 14.7 Å². The first-order valence-corrected chi connectivity index (χ1v) is 13.9. The number of amides is 2. The Bertz CT molecular complexity index is 1470. The van der Waals surface area contributed by atoms with Crippen molar-refractivity contribution >= 4 is 23.7 Å². The summed E-state index contributed by atoms with van der Waals surface area (Å²) < 4.78 is 6.05.